The van der Waals surface area contributed by atoms with Gasteiger partial charge in [-0.15, -0.1) is 0 Å². The van der Waals surface area contributed by atoms with Crippen LogP contribution in [0.15, 0.2) is 30.5 Å². The van der Waals surface area contributed by atoms with Crippen LogP contribution >= 0.6 is 11.6 Å². The van der Waals surface area contributed by atoms with Gasteiger partial charge in [-0.3, -0.25) is 9.89 Å². The molecule has 0 aliphatic heterocycles. The molecule has 0 fully saturated rings. The van der Waals surface area contributed by atoms with Crippen LogP contribution in [-0.4, -0.2) is 21.1 Å². The molecular formula is C21H15ClF4N4O. The number of hydrogen-bond acceptors (Lipinski definition) is 2. The summed E-state index contributed by atoms with van der Waals surface area (Å²) in [6.45, 7) is 0. The molecule has 0 saturated heterocycles. The van der Waals surface area contributed by atoms with Crippen LogP contribution in [0.3, 0.4) is 0 Å². The Bertz CT molecular complexity index is 1310. The second-order valence-corrected chi connectivity index (χ2v) is 7.45. The molecule has 0 spiro atoms. The first-order valence-electron chi connectivity index (χ1n) is 9.20. The number of carbonyl (C=O) groups excluding carboxylic acids is 1. The predicted molar refractivity (Wildman–Crippen MR) is 107 cm³/mol. The Kier molecular flexibility index (Phi) is 5.45. The predicted octanol–water partition coefficient (Wildman–Crippen LogP) is 4.58. The zero-order valence-corrected chi connectivity index (χ0v) is 16.6. The zero-order valence-electron chi connectivity index (χ0n) is 15.8. The third-order valence-corrected chi connectivity index (χ3v) is 5.28. The molecule has 0 unspecified atom stereocenters. The summed E-state index contributed by atoms with van der Waals surface area (Å²) in [5.41, 5.74) is 7.09. The minimum Gasteiger partial charge on any atom is -0.365 e. The topological polar surface area (TPSA) is 87.6 Å². The Morgan fingerprint density at radius 1 is 1.06 bits per heavy atom. The molecule has 0 radical (unpaired) electrons. The van der Waals surface area contributed by atoms with E-state index in [4.69, 9.17) is 17.3 Å². The first-order valence-corrected chi connectivity index (χ1v) is 9.58. The van der Waals surface area contributed by atoms with Gasteiger partial charge in [-0.25, -0.2) is 17.6 Å². The molecule has 4 rings (SSSR count). The standard InChI is InChI=1S/C21H15ClF4N4O/c22-11-3-1-2-9(6-11)7-13-15(21(27)31)12(29-30-13)5-4-10-8-28-20-14(10)16(23)17(24)18(25)19(20)26/h1-3,6,8,28H,4-5,7H2,(H2,27,31)(H,29,30). The van der Waals surface area contributed by atoms with Crippen LogP contribution in [0.2, 0.25) is 5.02 Å². The maximum Gasteiger partial charge on any atom is 0.252 e. The summed E-state index contributed by atoms with van der Waals surface area (Å²) in [6, 6.07) is 7.06. The Labute approximate surface area is 178 Å². The van der Waals surface area contributed by atoms with Crippen LogP contribution in [0.4, 0.5) is 17.6 Å². The van der Waals surface area contributed by atoms with Crippen molar-refractivity contribution in [1.82, 2.24) is 15.2 Å². The van der Waals surface area contributed by atoms with Gasteiger partial charge in [0.15, 0.2) is 23.3 Å². The summed E-state index contributed by atoms with van der Waals surface area (Å²) in [7, 11) is 0. The molecule has 0 aliphatic rings. The van der Waals surface area contributed by atoms with Gasteiger partial charge in [-0.05, 0) is 36.1 Å². The summed E-state index contributed by atoms with van der Waals surface area (Å²) in [5.74, 6) is -7.45. The van der Waals surface area contributed by atoms with E-state index in [0.29, 0.717) is 22.8 Å². The first-order chi connectivity index (χ1) is 14.8. The molecule has 0 saturated carbocycles. The molecule has 4 N–H and O–H groups in total. The lowest BCUT2D eigenvalue weighted by molar-refractivity contribution is 0.0998. The third-order valence-electron chi connectivity index (χ3n) is 5.04. The highest BCUT2D eigenvalue weighted by Crippen LogP contribution is 2.30. The molecule has 4 aromatic rings. The number of carbonyl (C=O) groups is 1. The number of rotatable bonds is 6. The first kappa shape index (κ1) is 20.9. The van der Waals surface area contributed by atoms with Crippen molar-refractivity contribution in [2.45, 2.75) is 19.3 Å². The van der Waals surface area contributed by atoms with Gasteiger partial charge < -0.3 is 10.7 Å². The average Bonchev–Trinajstić information content (AvgIpc) is 3.33. The highest BCUT2D eigenvalue weighted by molar-refractivity contribution is 6.30. The molecule has 0 bridgehead atoms. The van der Waals surface area contributed by atoms with Gasteiger partial charge in [0.25, 0.3) is 5.91 Å². The number of amides is 1. The Morgan fingerprint density at radius 3 is 2.52 bits per heavy atom. The summed E-state index contributed by atoms with van der Waals surface area (Å²) in [5, 5.41) is 7.07. The highest BCUT2D eigenvalue weighted by atomic mass is 35.5. The van der Waals surface area contributed by atoms with E-state index in [2.05, 4.69) is 15.2 Å². The van der Waals surface area contributed by atoms with Crippen molar-refractivity contribution >= 4 is 28.4 Å². The van der Waals surface area contributed by atoms with Crippen molar-refractivity contribution in [1.29, 1.82) is 0 Å². The number of aryl methyl sites for hydroxylation is 2. The SMILES string of the molecule is NC(=O)c1c(CCc2c[nH]c3c(F)c(F)c(F)c(F)c23)n[nH]c1Cc1cccc(Cl)c1. The molecule has 2 heterocycles. The van der Waals surface area contributed by atoms with Crippen molar-refractivity contribution in [3.05, 3.63) is 86.8 Å². The summed E-state index contributed by atoms with van der Waals surface area (Å²) < 4.78 is 55.3. The van der Waals surface area contributed by atoms with Crippen LogP contribution in [0, 0.1) is 23.3 Å². The summed E-state index contributed by atoms with van der Waals surface area (Å²) in [4.78, 5) is 14.5. The molecule has 2 aromatic carbocycles. The van der Waals surface area contributed by atoms with E-state index in [-0.39, 0.29) is 29.4 Å². The van der Waals surface area contributed by atoms with Gasteiger partial charge in [-0.2, -0.15) is 5.10 Å². The molecule has 2 aromatic heterocycles. The molecule has 0 atom stereocenters. The smallest absolute Gasteiger partial charge is 0.252 e. The third kappa shape index (κ3) is 3.76. The van der Waals surface area contributed by atoms with E-state index in [9.17, 15) is 22.4 Å². The van der Waals surface area contributed by atoms with E-state index >= 15 is 0 Å². The van der Waals surface area contributed by atoms with Crippen molar-refractivity contribution in [2.24, 2.45) is 5.73 Å². The van der Waals surface area contributed by atoms with Gasteiger partial charge in [0.05, 0.1) is 22.5 Å². The molecule has 1 amide bonds. The number of benzene rings is 2. The Morgan fingerprint density at radius 2 is 1.81 bits per heavy atom. The minimum atomic E-state index is -1.88. The van der Waals surface area contributed by atoms with Gasteiger partial charge in [0.2, 0.25) is 0 Å². The highest BCUT2D eigenvalue weighted by Gasteiger charge is 2.24. The van der Waals surface area contributed by atoms with E-state index in [1.807, 2.05) is 6.07 Å². The number of aromatic amines is 2. The minimum absolute atomic E-state index is 0.0726. The number of nitrogens with one attached hydrogen (secondary N) is 2. The molecule has 160 valence electrons. The molecule has 5 nitrogen and oxygen atoms in total. The number of H-pyrrole nitrogens is 2. The second-order valence-electron chi connectivity index (χ2n) is 7.01. The number of nitrogens with zero attached hydrogens (tertiary/aromatic N) is 1. The van der Waals surface area contributed by atoms with E-state index in [1.165, 1.54) is 6.20 Å². The summed E-state index contributed by atoms with van der Waals surface area (Å²) >= 11 is 5.99. The maximum atomic E-state index is 14.2. The van der Waals surface area contributed by atoms with Crippen LogP contribution < -0.4 is 5.73 Å². The fourth-order valence-corrected chi connectivity index (χ4v) is 3.84. The lowest BCUT2D eigenvalue weighted by atomic mass is 10.0. The van der Waals surface area contributed by atoms with Gasteiger partial charge in [-0.1, -0.05) is 23.7 Å². The number of aromatic nitrogens is 3. The van der Waals surface area contributed by atoms with E-state index in [1.54, 1.807) is 18.2 Å². The number of primary amides is 1. The number of hydrogen-bond donors (Lipinski definition) is 3. The lowest BCUT2D eigenvalue weighted by Crippen LogP contribution is -2.15. The van der Waals surface area contributed by atoms with Crippen molar-refractivity contribution in [2.75, 3.05) is 0 Å². The van der Waals surface area contributed by atoms with Crippen molar-refractivity contribution in [3.8, 4) is 0 Å². The Balaban J connectivity index is 1.64. The van der Waals surface area contributed by atoms with Crippen LogP contribution in [-0.2, 0) is 19.3 Å². The molecule has 10 heteroatoms. The monoisotopic (exact) mass is 450 g/mol. The quantitative estimate of drug-likeness (QED) is 0.228. The largest absolute Gasteiger partial charge is 0.365 e. The van der Waals surface area contributed by atoms with Gasteiger partial charge in [0, 0.05) is 23.0 Å². The second kappa shape index (κ2) is 8.07. The van der Waals surface area contributed by atoms with E-state index in [0.717, 1.165) is 5.56 Å². The zero-order chi connectivity index (χ0) is 22.3. The van der Waals surface area contributed by atoms with Crippen molar-refractivity contribution < 1.29 is 22.4 Å². The maximum absolute atomic E-state index is 14.2. The molecule has 31 heavy (non-hydrogen) atoms. The fourth-order valence-electron chi connectivity index (χ4n) is 3.62. The lowest BCUT2D eigenvalue weighted by Gasteiger charge is -2.05. The van der Waals surface area contributed by atoms with Crippen LogP contribution in [0.1, 0.15) is 32.9 Å². The Hall–Kier alpha value is -3.33. The van der Waals surface area contributed by atoms with E-state index < -0.39 is 34.7 Å². The van der Waals surface area contributed by atoms with Crippen LogP contribution in [0.5, 0.6) is 0 Å². The van der Waals surface area contributed by atoms with Crippen molar-refractivity contribution in [3.63, 3.8) is 0 Å². The average molecular weight is 451 g/mol. The molecular weight excluding hydrogens is 436 g/mol. The van der Waals surface area contributed by atoms with Gasteiger partial charge in [0.1, 0.15) is 0 Å². The summed E-state index contributed by atoms with van der Waals surface area (Å²) in [6.07, 6.45) is 1.78. The normalized spacial score (nSPS) is 11.4. The number of fused-ring (bicyclic) bond motifs is 1. The van der Waals surface area contributed by atoms with Crippen LogP contribution in [0.25, 0.3) is 10.9 Å². The molecule has 0 aliphatic carbocycles. The number of halogens is 5. The van der Waals surface area contributed by atoms with Gasteiger partial charge >= 0.3 is 0 Å². The fraction of sp³-hybridized carbons (Fsp3) is 0.143. The number of nitrogens with two attached hydrogens (primary N) is 1.